The number of hydrogen-bond donors (Lipinski definition) is 2. The highest BCUT2D eigenvalue weighted by atomic mass is 79.9. The fourth-order valence-corrected chi connectivity index (χ4v) is 3.05. The predicted molar refractivity (Wildman–Crippen MR) is 91.3 cm³/mol. The lowest BCUT2D eigenvalue weighted by Gasteiger charge is -2.33. The summed E-state index contributed by atoms with van der Waals surface area (Å²) in [7, 11) is 0. The number of carbonyl (C=O) groups excluding carboxylic acids is 2. The Morgan fingerprint density at radius 1 is 1.35 bits per heavy atom. The van der Waals surface area contributed by atoms with Crippen LogP contribution in [0.1, 0.15) is 43.2 Å². The SMILES string of the molecule is C[C@@H]1CCCCN1CCCNC(=O)CNC(=O)c1ccc(Br)o1. The second-order valence-electron chi connectivity index (χ2n) is 5.87. The zero-order chi connectivity index (χ0) is 16.7. The van der Waals surface area contributed by atoms with Gasteiger partial charge in [-0.2, -0.15) is 0 Å². The van der Waals surface area contributed by atoms with Gasteiger partial charge in [-0.15, -0.1) is 0 Å². The second kappa shape index (κ2) is 9.08. The molecule has 0 unspecified atom stereocenters. The second-order valence-corrected chi connectivity index (χ2v) is 6.65. The number of carbonyl (C=O) groups is 2. The van der Waals surface area contributed by atoms with Crippen LogP contribution < -0.4 is 10.6 Å². The zero-order valence-corrected chi connectivity index (χ0v) is 15.0. The van der Waals surface area contributed by atoms with Crippen molar-refractivity contribution in [3.8, 4) is 0 Å². The van der Waals surface area contributed by atoms with E-state index in [4.69, 9.17) is 4.42 Å². The molecule has 1 saturated heterocycles. The summed E-state index contributed by atoms with van der Waals surface area (Å²) in [5.74, 6) is -0.396. The Hall–Kier alpha value is -1.34. The third-order valence-electron chi connectivity index (χ3n) is 4.09. The van der Waals surface area contributed by atoms with Crippen molar-refractivity contribution in [3.63, 3.8) is 0 Å². The molecule has 0 spiro atoms. The maximum atomic E-state index is 11.7. The lowest BCUT2D eigenvalue weighted by atomic mass is 10.0. The zero-order valence-electron chi connectivity index (χ0n) is 13.4. The van der Waals surface area contributed by atoms with Gasteiger partial charge in [-0.3, -0.25) is 9.59 Å². The number of piperidine rings is 1. The molecular weight excluding hydrogens is 362 g/mol. The number of rotatable bonds is 7. The van der Waals surface area contributed by atoms with Crippen LogP contribution in [0.3, 0.4) is 0 Å². The molecule has 0 bridgehead atoms. The number of furan rings is 1. The molecule has 1 aliphatic heterocycles. The van der Waals surface area contributed by atoms with Gasteiger partial charge in [0.15, 0.2) is 10.4 Å². The average molecular weight is 386 g/mol. The molecule has 0 aromatic carbocycles. The summed E-state index contributed by atoms with van der Waals surface area (Å²) >= 11 is 3.13. The van der Waals surface area contributed by atoms with Gasteiger partial charge in [0.25, 0.3) is 5.91 Å². The summed E-state index contributed by atoms with van der Waals surface area (Å²) in [4.78, 5) is 25.9. The summed E-state index contributed by atoms with van der Waals surface area (Å²) in [5, 5.41) is 5.36. The molecule has 2 N–H and O–H groups in total. The normalized spacial score (nSPS) is 18.6. The summed E-state index contributed by atoms with van der Waals surface area (Å²) in [6, 6.07) is 3.83. The molecule has 128 valence electrons. The molecule has 2 heterocycles. The quantitative estimate of drug-likeness (QED) is 0.705. The van der Waals surface area contributed by atoms with Crippen molar-refractivity contribution < 1.29 is 14.0 Å². The van der Waals surface area contributed by atoms with Crippen LogP contribution in [0.4, 0.5) is 0 Å². The minimum atomic E-state index is -0.395. The Kier molecular flexibility index (Phi) is 7.11. The summed E-state index contributed by atoms with van der Waals surface area (Å²) < 4.78 is 5.61. The maximum Gasteiger partial charge on any atom is 0.287 e. The monoisotopic (exact) mass is 385 g/mol. The summed E-state index contributed by atoms with van der Waals surface area (Å²) in [5.41, 5.74) is 0. The highest BCUT2D eigenvalue weighted by Crippen LogP contribution is 2.16. The van der Waals surface area contributed by atoms with E-state index in [2.05, 4.69) is 38.4 Å². The first-order chi connectivity index (χ1) is 11.1. The van der Waals surface area contributed by atoms with Crippen LogP contribution in [0, 0.1) is 0 Å². The van der Waals surface area contributed by atoms with Crippen molar-refractivity contribution in [1.82, 2.24) is 15.5 Å². The molecule has 7 heteroatoms. The van der Waals surface area contributed by atoms with Gasteiger partial charge in [0.2, 0.25) is 5.91 Å². The fourth-order valence-electron chi connectivity index (χ4n) is 2.75. The van der Waals surface area contributed by atoms with Crippen molar-refractivity contribution in [2.45, 2.75) is 38.6 Å². The molecule has 1 atom stereocenters. The molecule has 0 radical (unpaired) electrons. The lowest BCUT2D eigenvalue weighted by molar-refractivity contribution is -0.120. The Morgan fingerprint density at radius 3 is 2.87 bits per heavy atom. The molecular formula is C16H24BrN3O3. The number of amides is 2. The van der Waals surface area contributed by atoms with Crippen molar-refractivity contribution in [1.29, 1.82) is 0 Å². The molecule has 2 amide bonds. The number of hydrogen-bond acceptors (Lipinski definition) is 4. The van der Waals surface area contributed by atoms with Crippen LogP contribution in [0.15, 0.2) is 21.2 Å². The third-order valence-corrected chi connectivity index (χ3v) is 4.52. The molecule has 1 fully saturated rings. The van der Waals surface area contributed by atoms with Crippen LogP contribution in [0.2, 0.25) is 0 Å². The van der Waals surface area contributed by atoms with Gasteiger partial charge in [-0.05, 0) is 60.8 Å². The van der Waals surface area contributed by atoms with Gasteiger partial charge < -0.3 is 20.0 Å². The largest absolute Gasteiger partial charge is 0.444 e. The first-order valence-electron chi connectivity index (χ1n) is 8.10. The molecule has 6 nitrogen and oxygen atoms in total. The summed E-state index contributed by atoms with van der Waals surface area (Å²) in [6.07, 6.45) is 4.78. The van der Waals surface area contributed by atoms with Crippen molar-refractivity contribution >= 4 is 27.7 Å². The molecule has 23 heavy (non-hydrogen) atoms. The van der Waals surface area contributed by atoms with E-state index in [1.54, 1.807) is 12.1 Å². The Labute approximate surface area is 145 Å². The van der Waals surface area contributed by atoms with Gasteiger partial charge in [-0.1, -0.05) is 6.42 Å². The molecule has 2 rings (SSSR count). The Bertz CT molecular complexity index is 532. The van der Waals surface area contributed by atoms with Gasteiger partial charge in [0.1, 0.15) is 0 Å². The Morgan fingerprint density at radius 2 is 2.17 bits per heavy atom. The van der Waals surface area contributed by atoms with Crippen LogP contribution in [-0.4, -0.2) is 48.9 Å². The smallest absolute Gasteiger partial charge is 0.287 e. The van der Waals surface area contributed by atoms with E-state index < -0.39 is 5.91 Å². The lowest BCUT2D eigenvalue weighted by Crippen LogP contribution is -2.40. The van der Waals surface area contributed by atoms with Gasteiger partial charge >= 0.3 is 0 Å². The first kappa shape index (κ1) is 18.0. The number of halogens is 1. The standard InChI is InChI=1S/C16H24BrN3O3/c1-12-5-2-3-9-20(12)10-4-8-18-15(21)11-19-16(22)13-6-7-14(17)23-13/h6-7,12H,2-5,8-11H2,1H3,(H,18,21)(H,19,22)/t12-/m1/s1. The van der Waals surface area contributed by atoms with Crippen LogP contribution in [0.5, 0.6) is 0 Å². The third kappa shape index (κ3) is 5.99. The molecule has 0 saturated carbocycles. The summed E-state index contributed by atoms with van der Waals surface area (Å²) in [6.45, 7) is 5.01. The average Bonchev–Trinajstić information content (AvgIpc) is 2.97. The number of nitrogens with zero attached hydrogens (tertiary/aromatic N) is 1. The van der Waals surface area contributed by atoms with Gasteiger partial charge in [0, 0.05) is 19.1 Å². The van der Waals surface area contributed by atoms with Crippen molar-refractivity contribution in [2.75, 3.05) is 26.2 Å². The van der Waals surface area contributed by atoms with E-state index in [1.165, 1.54) is 19.3 Å². The molecule has 1 aromatic heterocycles. The predicted octanol–water partition coefficient (Wildman–Crippen LogP) is 2.15. The van der Waals surface area contributed by atoms with E-state index in [9.17, 15) is 9.59 Å². The number of likely N-dealkylation sites (tertiary alicyclic amines) is 1. The highest BCUT2D eigenvalue weighted by molar-refractivity contribution is 9.10. The molecule has 1 aliphatic rings. The topological polar surface area (TPSA) is 74.6 Å². The fraction of sp³-hybridized carbons (Fsp3) is 0.625. The van der Waals surface area contributed by atoms with Gasteiger partial charge in [-0.25, -0.2) is 0 Å². The first-order valence-corrected chi connectivity index (χ1v) is 8.90. The van der Waals surface area contributed by atoms with E-state index in [0.717, 1.165) is 19.5 Å². The molecule has 1 aromatic rings. The highest BCUT2D eigenvalue weighted by Gasteiger charge is 2.17. The van der Waals surface area contributed by atoms with Crippen LogP contribution in [-0.2, 0) is 4.79 Å². The van der Waals surface area contributed by atoms with Crippen LogP contribution >= 0.6 is 15.9 Å². The molecule has 0 aliphatic carbocycles. The van der Waals surface area contributed by atoms with E-state index >= 15 is 0 Å². The van der Waals surface area contributed by atoms with E-state index in [1.807, 2.05) is 0 Å². The van der Waals surface area contributed by atoms with Gasteiger partial charge in [0.05, 0.1) is 6.54 Å². The minimum Gasteiger partial charge on any atom is -0.444 e. The van der Waals surface area contributed by atoms with Crippen molar-refractivity contribution in [2.24, 2.45) is 0 Å². The minimum absolute atomic E-state index is 0.0444. The van der Waals surface area contributed by atoms with E-state index in [-0.39, 0.29) is 18.2 Å². The Balaban J connectivity index is 1.57. The maximum absolute atomic E-state index is 11.7. The van der Waals surface area contributed by atoms with E-state index in [0.29, 0.717) is 17.3 Å². The van der Waals surface area contributed by atoms with Crippen molar-refractivity contribution in [3.05, 3.63) is 22.6 Å². The van der Waals surface area contributed by atoms with Crippen LogP contribution in [0.25, 0.3) is 0 Å². The number of nitrogens with one attached hydrogen (secondary N) is 2.